The monoisotopic (exact) mass is 426 g/mol. The first-order valence-corrected chi connectivity index (χ1v) is 9.33. The third-order valence-electron chi connectivity index (χ3n) is 4.66. The van der Waals surface area contributed by atoms with Gasteiger partial charge in [-0.1, -0.05) is 11.6 Å². The second-order valence-corrected chi connectivity index (χ2v) is 6.99. The van der Waals surface area contributed by atoms with Crippen LogP contribution in [0.25, 0.3) is 0 Å². The SMILES string of the molecule is Cc1c(C#N)c(NC(=O)COc2ccc(Cl)cc2C(N)=O)n(Cc2ccco2)c1C. The number of ether oxygens (including phenoxy) is 1. The van der Waals surface area contributed by atoms with E-state index in [1.165, 1.54) is 18.2 Å². The van der Waals surface area contributed by atoms with Crippen molar-refractivity contribution in [2.45, 2.75) is 20.4 Å². The molecule has 3 aromatic rings. The van der Waals surface area contributed by atoms with Gasteiger partial charge < -0.3 is 24.8 Å². The van der Waals surface area contributed by atoms with Gasteiger partial charge in [-0.15, -0.1) is 0 Å². The van der Waals surface area contributed by atoms with Gasteiger partial charge in [-0.2, -0.15) is 5.26 Å². The second kappa shape index (κ2) is 8.76. The molecule has 0 aliphatic carbocycles. The number of aromatic nitrogens is 1. The molecule has 154 valence electrons. The van der Waals surface area contributed by atoms with Crippen LogP contribution in [0.3, 0.4) is 0 Å². The van der Waals surface area contributed by atoms with Crippen LogP contribution in [0.4, 0.5) is 5.82 Å². The zero-order valence-electron chi connectivity index (χ0n) is 16.4. The number of benzene rings is 1. The first-order valence-electron chi connectivity index (χ1n) is 8.96. The summed E-state index contributed by atoms with van der Waals surface area (Å²) in [5.74, 6) is -0.0606. The molecule has 0 bridgehead atoms. The fraction of sp³-hybridized carbons (Fsp3) is 0.190. The van der Waals surface area contributed by atoms with E-state index < -0.39 is 18.4 Å². The molecule has 0 unspecified atom stereocenters. The summed E-state index contributed by atoms with van der Waals surface area (Å²) in [6, 6.07) is 10.1. The third-order valence-corrected chi connectivity index (χ3v) is 4.89. The van der Waals surface area contributed by atoms with Crippen LogP contribution < -0.4 is 15.8 Å². The van der Waals surface area contributed by atoms with Crippen molar-refractivity contribution in [3.05, 3.63) is 69.8 Å². The average Bonchev–Trinajstić information content (AvgIpc) is 3.30. The van der Waals surface area contributed by atoms with Crippen molar-refractivity contribution >= 4 is 29.2 Å². The molecule has 0 fully saturated rings. The minimum atomic E-state index is -0.724. The maximum atomic E-state index is 12.6. The zero-order valence-corrected chi connectivity index (χ0v) is 17.1. The van der Waals surface area contributed by atoms with Gasteiger partial charge in [-0.3, -0.25) is 9.59 Å². The molecular weight excluding hydrogens is 408 g/mol. The van der Waals surface area contributed by atoms with Crippen LogP contribution in [0.5, 0.6) is 5.75 Å². The van der Waals surface area contributed by atoms with Gasteiger partial charge in [0.2, 0.25) is 0 Å². The number of anilines is 1. The number of furan rings is 1. The summed E-state index contributed by atoms with van der Waals surface area (Å²) in [4.78, 5) is 24.1. The number of carbonyl (C=O) groups is 2. The van der Waals surface area contributed by atoms with E-state index in [2.05, 4.69) is 11.4 Å². The van der Waals surface area contributed by atoms with E-state index in [1.807, 2.05) is 13.8 Å². The Bertz CT molecular complexity index is 1140. The number of carbonyl (C=O) groups excluding carboxylic acids is 2. The molecule has 8 nitrogen and oxygen atoms in total. The summed E-state index contributed by atoms with van der Waals surface area (Å²) in [7, 11) is 0. The number of nitrogens with two attached hydrogens (primary N) is 1. The standard InChI is InChI=1S/C21H19ClN4O4/c1-12-13(2)26(10-15-4-3-7-29-15)21(17(12)9-23)25-19(27)11-30-18-6-5-14(22)8-16(18)20(24)28/h3-8H,10-11H2,1-2H3,(H2,24,28)(H,25,27). The van der Waals surface area contributed by atoms with Gasteiger partial charge in [0.15, 0.2) is 6.61 Å². The van der Waals surface area contributed by atoms with E-state index in [9.17, 15) is 14.9 Å². The van der Waals surface area contributed by atoms with E-state index in [0.29, 0.717) is 28.7 Å². The molecule has 0 saturated heterocycles. The van der Waals surface area contributed by atoms with Crippen molar-refractivity contribution in [1.29, 1.82) is 5.26 Å². The number of nitrogens with one attached hydrogen (secondary N) is 1. The molecule has 30 heavy (non-hydrogen) atoms. The summed E-state index contributed by atoms with van der Waals surface area (Å²) in [5, 5.41) is 12.6. The molecule has 9 heteroatoms. The van der Waals surface area contributed by atoms with Crippen LogP contribution in [-0.2, 0) is 11.3 Å². The lowest BCUT2D eigenvalue weighted by atomic mass is 10.2. The Hall–Kier alpha value is -3.70. The van der Waals surface area contributed by atoms with Gasteiger partial charge in [-0.25, -0.2) is 0 Å². The third kappa shape index (κ3) is 4.31. The zero-order chi connectivity index (χ0) is 21.8. The molecule has 2 heterocycles. The van der Waals surface area contributed by atoms with Crippen LogP contribution in [0, 0.1) is 25.2 Å². The minimum absolute atomic E-state index is 0.0703. The van der Waals surface area contributed by atoms with E-state index >= 15 is 0 Å². The molecule has 0 spiro atoms. The summed E-state index contributed by atoms with van der Waals surface area (Å²) < 4.78 is 12.6. The predicted octanol–water partition coefficient (Wildman–Crippen LogP) is 3.39. The van der Waals surface area contributed by atoms with Crippen LogP contribution in [0.2, 0.25) is 5.02 Å². The number of rotatable bonds is 7. The first-order chi connectivity index (χ1) is 14.3. The Balaban J connectivity index is 1.81. The molecule has 0 radical (unpaired) electrons. The molecule has 2 amide bonds. The van der Waals surface area contributed by atoms with Gasteiger partial charge >= 0.3 is 0 Å². The van der Waals surface area contributed by atoms with Crippen molar-refractivity contribution in [1.82, 2.24) is 4.57 Å². The molecule has 1 aromatic carbocycles. The van der Waals surface area contributed by atoms with Crippen molar-refractivity contribution in [2.75, 3.05) is 11.9 Å². The summed E-state index contributed by atoms with van der Waals surface area (Å²) >= 11 is 5.87. The number of nitrogens with zero attached hydrogens (tertiary/aromatic N) is 2. The highest BCUT2D eigenvalue weighted by atomic mass is 35.5. The van der Waals surface area contributed by atoms with Crippen LogP contribution in [0.1, 0.15) is 32.9 Å². The minimum Gasteiger partial charge on any atom is -0.483 e. The molecule has 0 aliphatic heterocycles. The number of primary amides is 1. The normalized spacial score (nSPS) is 10.5. The lowest BCUT2D eigenvalue weighted by molar-refractivity contribution is -0.118. The Morgan fingerprint density at radius 1 is 1.33 bits per heavy atom. The Labute approximate surface area is 177 Å². The molecular formula is C21H19ClN4O4. The number of halogens is 1. The lowest BCUT2D eigenvalue weighted by Gasteiger charge is -2.13. The molecule has 2 aromatic heterocycles. The molecule has 0 aliphatic rings. The number of nitriles is 1. The highest BCUT2D eigenvalue weighted by molar-refractivity contribution is 6.31. The van der Waals surface area contributed by atoms with Crippen molar-refractivity contribution in [2.24, 2.45) is 5.73 Å². The highest BCUT2D eigenvalue weighted by Gasteiger charge is 2.21. The van der Waals surface area contributed by atoms with Gasteiger partial charge in [-0.05, 0) is 49.7 Å². The van der Waals surface area contributed by atoms with E-state index in [-0.39, 0.29) is 11.3 Å². The van der Waals surface area contributed by atoms with Gasteiger partial charge in [0.05, 0.1) is 23.9 Å². The molecule has 3 rings (SSSR count). The fourth-order valence-corrected chi connectivity index (χ4v) is 3.19. The predicted molar refractivity (Wildman–Crippen MR) is 111 cm³/mol. The van der Waals surface area contributed by atoms with Crippen LogP contribution in [-0.4, -0.2) is 23.0 Å². The smallest absolute Gasteiger partial charge is 0.263 e. The van der Waals surface area contributed by atoms with E-state index in [1.54, 1.807) is 23.0 Å². The van der Waals surface area contributed by atoms with E-state index in [4.69, 9.17) is 26.5 Å². The fourth-order valence-electron chi connectivity index (χ4n) is 3.02. The topological polar surface area (TPSA) is 123 Å². The largest absolute Gasteiger partial charge is 0.483 e. The second-order valence-electron chi connectivity index (χ2n) is 6.55. The van der Waals surface area contributed by atoms with Crippen LogP contribution in [0.15, 0.2) is 41.0 Å². The van der Waals surface area contributed by atoms with Crippen molar-refractivity contribution < 1.29 is 18.7 Å². The maximum absolute atomic E-state index is 12.6. The molecule has 0 saturated carbocycles. The Morgan fingerprint density at radius 3 is 2.73 bits per heavy atom. The first kappa shape index (κ1) is 21.0. The average molecular weight is 427 g/mol. The number of hydrogen-bond acceptors (Lipinski definition) is 5. The quantitative estimate of drug-likeness (QED) is 0.599. The number of hydrogen-bond donors (Lipinski definition) is 2. The van der Waals surface area contributed by atoms with Crippen molar-refractivity contribution in [3.8, 4) is 11.8 Å². The van der Waals surface area contributed by atoms with Gasteiger partial charge in [0, 0.05) is 10.7 Å². The summed E-state index contributed by atoms with van der Waals surface area (Å²) in [6.45, 7) is 3.63. The Morgan fingerprint density at radius 2 is 2.10 bits per heavy atom. The van der Waals surface area contributed by atoms with E-state index in [0.717, 1.165) is 11.3 Å². The highest BCUT2D eigenvalue weighted by Crippen LogP contribution is 2.28. The Kier molecular flexibility index (Phi) is 6.14. The van der Waals surface area contributed by atoms with Gasteiger partial charge in [0.25, 0.3) is 11.8 Å². The lowest BCUT2D eigenvalue weighted by Crippen LogP contribution is -2.24. The summed E-state index contributed by atoms with van der Waals surface area (Å²) in [6.07, 6.45) is 1.56. The maximum Gasteiger partial charge on any atom is 0.263 e. The molecule has 0 atom stereocenters. The molecule has 3 N–H and O–H groups in total. The van der Waals surface area contributed by atoms with Crippen molar-refractivity contribution in [3.63, 3.8) is 0 Å². The van der Waals surface area contributed by atoms with Crippen LogP contribution >= 0.6 is 11.6 Å². The van der Waals surface area contributed by atoms with Gasteiger partial charge in [0.1, 0.15) is 23.4 Å². The summed E-state index contributed by atoms with van der Waals surface area (Å²) in [5.41, 5.74) is 7.34. The number of amides is 2.